The molecule has 0 aliphatic heterocycles. The van der Waals surface area contributed by atoms with Gasteiger partial charge in [-0.05, 0) is 6.07 Å². The van der Waals surface area contributed by atoms with E-state index in [-0.39, 0.29) is 5.82 Å². The van der Waals surface area contributed by atoms with Crippen LogP contribution in [0.2, 0.25) is 0 Å². The Balaban J connectivity index is 3.05. The molecule has 0 spiro atoms. The maximum atomic E-state index is 12.9. The van der Waals surface area contributed by atoms with Crippen LogP contribution < -0.4 is 5.73 Å². The lowest BCUT2D eigenvalue weighted by molar-refractivity contribution is 0.604. The first kappa shape index (κ1) is 7.77. The van der Waals surface area contributed by atoms with Crippen molar-refractivity contribution in [3.8, 4) is 12.3 Å². The van der Waals surface area contributed by atoms with Crippen LogP contribution in [0.3, 0.4) is 0 Å². The van der Waals surface area contributed by atoms with Crippen LogP contribution in [-0.2, 0) is 0 Å². The summed E-state index contributed by atoms with van der Waals surface area (Å²) in [6.45, 7) is 0. The summed E-state index contributed by atoms with van der Waals surface area (Å²) in [5.41, 5.74) is 5.79. The zero-order valence-corrected chi connectivity index (χ0v) is 5.92. The first-order valence-electron chi connectivity index (χ1n) is 3.22. The van der Waals surface area contributed by atoms with E-state index in [2.05, 4.69) is 5.92 Å². The van der Waals surface area contributed by atoms with Crippen molar-refractivity contribution in [2.75, 3.05) is 0 Å². The maximum Gasteiger partial charge on any atom is 0.128 e. The van der Waals surface area contributed by atoms with Crippen molar-refractivity contribution in [1.82, 2.24) is 0 Å². The minimum Gasteiger partial charge on any atom is -0.314 e. The molecular formula is C9H8FN. The van der Waals surface area contributed by atoms with Gasteiger partial charge in [-0.25, -0.2) is 4.39 Å². The van der Waals surface area contributed by atoms with E-state index in [1.165, 1.54) is 6.07 Å². The molecule has 56 valence electrons. The summed E-state index contributed by atoms with van der Waals surface area (Å²) in [5.74, 6) is 1.91. The number of rotatable bonds is 1. The number of nitrogens with two attached hydrogens (primary N) is 1. The average molecular weight is 149 g/mol. The van der Waals surface area contributed by atoms with Crippen LogP contribution in [0, 0.1) is 18.2 Å². The number of terminal acetylenes is 1. The van der Waals surface area contributed by atoms with E-state index in [0.29, 0.717) is 5.56 Å². The highest BCUT2D eigenvalue weighted by molar-refractivity contribution is 5.26. The Kier molecular flexibility index (Phi) is 2.25. The molecule has 0 unspecified atom stereocenters. The van der Waals surface area contributed by atoms with Crippen molar-refractivity contribution in [2.24, 2.45) is 5.73 Å². The molecule has 1 aromatic carbocycles. The number of hydrogen-bond acceptors (Lipinski definition) is 1. The lowest BCUT2D eigenvalue weighted by atomic mass is 10.1. The molecule has 0 aliphatic rings. The normalized spacial score (nSPS) is 12.1. The van der Waals surface area contributed by atoms with Crippen LogP contribution in [0.4, 0.5) is 4.39 Å². The molecule has 0 amide bonds. The van der Waals surface area contributed by atoms with E-state index >= 15 is 0 Å². The van der Waals surface area contributed by atoms with Crippen molar-refractivity contribution < 1.29 is 4.39 Å². The molecule has 0 aliphatic carbocycles. The highest BCUT2D eigenvalue weighted by Crippen LogP contribution is 2.12. The fourth-order valence-corrected chi connectivity index (χ4v) is 0.817. The van der Waals surface area contributed by atoms with E-state index < -0.39 is 6.04 Å². The summed E-state index contributed by atoms with van der Waals surface area (Å²) in [7, 11) is 0. The Hall–Kier alpha value is -1.33. The Labute approximate surface area is 65.0 Å². The van der Waals surface area contributed by atoms with Gasteiger partial charge in [0.2, 0.25) is 0 Å². The fraction of sp³-hybridized carbons (Fsp3) is 0.111. The average Bonchev–Trinajstić information content (AvgIpc) is 2.04. The summed E-state index contributed by atoms with van der Waals surface area (Å²) in [6, 6.07) is 5.58. The van der Waals surface area contributed by atoms with Crippen molar-refractivity contribution >= 4 is 0 Å². The summed E-state index contributed by atoms with van der Waals surface area (Å²) in [4.78, 5) is 0. The molecule has 0 fully saturated rings. The van der Waals surface area contributed by atoms with Gasteiger partial charge in [-0.3, -0.25) is 0 Å². The van der Waals surface area contributed by atoms with Crippen LogP contribution in [0.5, 0.6) is 0 Å². The third-order valence-electron chi connectivity index (χ3n) is 1.42. The second-order valence-corrected chi connectivity index (χ2v) is 2.17. The number of halogens is 1. The van der Waals surface area contributed by atoms with Crippen molar-refractivity contribution in [3.05, 3.63) is 35.6 Å². The van der Waals surface area contributed by atoms with Crippen molar-refractivity contribution in [3.63, 3.8) is 0 Å². The highest BCUT2D eigenvalue weighted by atomic mass is 19.1. The van der Waals surface area contributed by atoms with Crippen LogP contribution in [0.1, 0.15) is 11.6 Å². The van der Waals surface area contributed by atoms with Gasteiger partial charge in [0, 0.05) is 5.56 Å². The Morgan fingerprint density at radius 2 is 2.09 bits per heavy atom. The highest BCUT2D eigenvalue weighted by Gasteiger charge is 2.05. The van der Waals surface area contributed by atoms with Gasteiger partial charge in [-0.2, -0.15) is 0 Å². The maximum absolute atomic E-state index is 12.9. The summed E-state index contributed by atoms with van der Waals surface area (Å²) < 4.78 is 12.9. The zero-order chi connectivity index (χ0) is 8.27. The molecule has 2 heteroatoms. The Morgan fingerprint density at radius 1 is 1.45 bits per heavy atom. The van der Waals surface area contributed by atoms with Gasteiger partial charge in [-0.1, -0.05) is 24.1 Å². The van der Waals surface area contributed by atoms with Gasteiger partial charge in [0.15, 0.2) is 0 Å². The first-order chi connectivity index (χ1) is 5.25. The molecule has 0 saturated carbocycles. The minimum absolute atomic E-state index is 0.349. The van der Waals surface area contributed by atoms with Gasteiger partial charge < -0.3 is 5.73 Å². The smallest absolute Gasteiger partial charge is 0.128 e. The summed E-state index contributed by atoms with van der Waals surface area (Å²) in [5, 5.41) is 0. The quantitative estimate of drug-likeness (QED) is 0.601. The summed E-state index contributed by atoms with van der Waals surface area (Å²) >= 11 is 0. The Bertz CT molecular complexity index is 288. The minimum atomic E-state index is -0.642. The van der Waals surface area contributed by atoms with E-state index in [1.54, 1.807) is 18.2 Å². The number of benzene rings is 1. The zero-order valence-electron chi connectivity index (χ0n) is 5.92. The van der Waals surface area contributed by atoms with Gasteiger partial charge in [0.05, 0.1) is 6.04 Å². The van der Waals surface area contributed by atoms with Crippen molar-refractivity contribution in [2.45, 2.75) is 6.04 Å². The SMILES string of the molecule is C#C[C@H](N)c1ccccc1F. The van der Waals surface area contributed by atoms with E-state index in [1.807, 2.05) is 0 Å². The molecule has 11 heavy (non-hydrogen) atoms. The van der Waals surface area contributed by atoms with Crippen LogP contribution in [0.25, 0.3) is 0 Å². The van der Waals surface area contributed by atoms with E-state index in [9.17, 15) is 4.39 Å². The van der Waals surface area contributed by atoms with Crippen LogP contribution in [0.15, 0.2) is 24.3 Å². The van der Waals surface area contributed by atoms with Gasteiger partial charge in [0.1, 0.15) is 5.82 Å². The number of hydrogen-bond donors (Lipinski definition) is 1. The lowest BCUT2D eigenvalue weighted by Gasteiger charge is -2.04. The third-order valence-corrected chi connectivity index (χ3v) is 1.42. The molecule has 1 aromatic rings. The van der Waals surface area contributed by atoms with Crippen LogP contribution in [-0.4, -0.2) is 0 Å². The monoisotopic (exact) mass is 149 g/mol. The topological polar surface area (TPSA) is 26.0 Å². The molecule has 0 heterocycles. The predicted molar refractivity (Wildman–Crippen MR) is 42.2 cm³/mol. The second-order valence-electron chi connectivity index (χ2n) is 2.17. The van der Waals surface area contributed by atoms with Gasteiger partial charge in [-0.15, -0.1) is 6.42 Å². The molecule has 0 aromatic heterocycles. The lowest BCUT2D eigenvalue weighted by Crippen LogP contribution is -2.08. The molecule has 2 N–H and O–H groups in total. The fourth-order valence-electron chi connectivity index (χ4n) is 0.817. The van der Waals surface area contributed by atoms with Crippen molar-refractivity contribution in [1.29, 1.82) is 0 Å². The van der Waals surface area contributed by atoms with Crippen LogP contribution >= 0.6 is 0 Å². The standard InChI is InChI=1S/C9H8FN/c1-2-9(11)7-5-3-4-6-8(7)10/h1,3-6,9H,11H2/t9-/m0/s1. The van der Waals surface area contributed by atoms with Gasteiger partial charge >= 0.3 is 0 Å². The molecule has 1 rings (SSSR count). The second kappa shape index (κ2) is 3.18. The molecule has 1 nitrogen and oxygen atoms in total. The predicted octanol–water partition coefficient (Wildman–Crippen LogP) is 1.46. The summed E-state index contributed by atoms with van der Waals surface area (Å²) in [6.07, 6.45) is 5.03. The van der Waals surface area contributed by atoms with E-state index in [0.717, 1.165) is 0 Å². The third kappa shape index (κ3) is 1.57. The molecule has 1 atom stereocenters. The largest absolute Gasteiger partial charge is 0.314 e. The molecule has 0 radical (unpaired) electrons. The molecule has 0 saturated heterocycles. The Morgan fingerprint density at radius 3 is 2.64 bits per heavy atom. The first-order valence-corrected chi connectivity index (χ1v) is 3.22. The van der Waals surface area contributed by atoms with E-state index in [4.69, 9.17) is 12.2 Å². The molecule has 0 bridgehead atoms. The molecular weight excluding hydrogens is 141 g/mol. The van der Waals surface area contributed by atoms with Gasteiger partial charge in [0.25, 0.3) is 0 Å².